The van der Waals surface area contributed by atoms with Gasteiger partial charge in [-0.3, -0.25) is 4.79 Å². The number of ketones is 1. The van der Waals surface area contributed by atoms with E-state index < -0.39 is 38.3 Å². The van der Waals surface area contributed by atoms with Crippen LogP contribution >= 0.6 is 11.6 Å². The average Bonchev–Trinajstić information content (AvgIpc) is 2.70. The number of halogens is 4. The number of hydrogen-bond donors (Lipinski definition) is 0. The molecule has 0 aromatic rings. The number of carbonyl (C=O) groups excluding carboxylic acids is 1. The van der Waals surface area contributed by atoms with Crippen molar-refractivity contribution in [3.8, 4) is 0 Å². The van der Waals surface area contributed by atoms with Gasteiger partial charge in [-0.05, 0) is 18.8 Å². The summed E-state index contributed by atoms with van der Waals surface area (Å²) in [5.41, 5.74) is -8.45. The number of alkyl halides is 4. The number of hydrogen-bond acceptors (Lipinski definition) is 4. The largest absolute Gasteiger partial charge is 0.523 e. The van der Waals surface area contributed by atoms with Crippen LogP contribution < -0.4 is 0 Å². The second kappa shape index (κ2) is 4.33. The highest BCUT2D eigenvalue weighted by Gasteiger charge is 2.71. The summed E-state index contributed by atoms with van der Waals surface area (Å²) in [6, 6.07) is 0. The molecule has 0 radical (unpaired) electrons. The first-order valence-electron chi connectivity index (χ1n) is 6.03. The third-order valence-corrected chi connectivity index (χ3v) is 5.93. The fourth-order valence-electron chi connectivity index (χ4n) is 3.56. The lowest BCUT2D eigenvalue weighted by molar-refractivity contribution is -0.142. The van der Waals surface area contributed by atoms with E-state index in [1.54, 1.807) is 13.8 Å². The molecule has 4 nitrogen and oxygen atoms in total. The van der Waals surface area contributed by atoms with Crippen molar-refractivity contribution >= 4 is 27.5 Å². The smallest absolute Gasteiger partial charge is 0.296 e. The first kappa shape index (κ1) is 16.0. The molecule has 116 valence electrons. The highest BCUT2D eigenvalue weighted by Crippen LogP contribution is 2.61. The van der Waals surface area contributed by atoms with Gasteiger partial charge in [0.1, 0.15) is 0 Å². The van der Waals surface area contributed by atoms with E-state index in [4.69, 9.17) is 11.6 Å². The molecule has 0 aliphatic heterocycles. The second-order valence-corrected chi connectivity index (χ2v) is 7.68. The van der Waals surface area contributed by atoms with Crippen molar-refractivity contribution in [3.63, 3.8) is 0 Å². The molecule has 9 heteroatoms. The van der Waals surface area contributed by atoms with Gasteiger partial charge in [0.25, 0.3) is 0 Å². The van der Waals surface area contributed by atoms with Crippen molar-refractivity contribution in [1.29, 1.82) is 0 Å². The second-order valence-electron chi connectivity index (χ2n) is 5.83. The highest BCUT2D eigenvalue weighted by molar-refractivity contribution is 7.87. The molecule has 3 atom stereocenters. The maximum Gasteiger partial charge on any atom is 0.523 e. The van der Waals surface area contributed by atoms with Gasteiger partial charge >= 0.3 is 15.6 Å². The third-order valence-electron chi connectivity index (χ3n) is 4.52. The molecule has 2 bridgehead atoms. The molecular formula is C11H14ClF3O4S. The van der Waals surface area contributed by atoms with E-state index >= 15 is 0 Å². The minimum atomic E-state index is -5.83. The first-order chi connectivity index (χ1) is 8.90. The molecule has 0 aromatic carbocycles. The van der Waals surface area contributed by atoms with Crippen LogP contribution in [0.25, 0.3) is 0 Å². The summed E-state index contributed by atoms with van der Waals surface area (Å²) in [6.07, 6.45) is 0.371. The molecule has 2 fully saturated rings. The number of fused-ring (bicyclic) bond motifs is 2. The van der Waals surface area contributed by atoms with Crippen molar-refractivity contribution in [2.45, 2.75) is 37.8 Å². The monoisotopic (exact) mass is 334 g/mol. The quantitative estimate of drug-likeness (QED) is 0.452. The first-order valence-corrected chi connectivity index (χ1v) is 7.97. The van der Waals surface area contributed by atoms with Crippen molar-refractivity contribution in [1.82, 2.24) is 0 Å². The number of Topliss-reactive ketones (excluding diaryl/α,β-unsaturated/α-hetero) is 1. The lowest BCUT2D eigenvalue weighted by Crippen LogP contribution is -2.49. The fraction of sp³-hybridized carbons (Fsp3) is 0.909. The topological polar surface area (TPSA) is 60.4 Å². The predicted molar refractivity (Wildman–Crippen MR) is 64.5 cm³/mol. The Morgan fingerprint density at radius 1 is 1.40 bits per heavy atom. The summed E-state index contributed by atoms with van der Waals surface area (Å²) in [7, 11) is -5.83. The molecule has 0 spiro atoms. The number of rotatable bonds is 3. The van der Waals surface area contributed by atoms with Crippen LogP contribution in [0.4, 0.5) is 13.2 Å². The molecule has 20 heavy (non-hydrogen) atoms. The zero-order valence-electron chi connectivity index (χ0n) is 10.8. The Balaban J connectivity index is 2.46. The lowest BCUT2D eigenvalue weighted by Gasteiger charge is -2.32. The molecule has 0 heterocycles. The molecule has 2 rings (SSSR count). The van der Waals surface area contributed by atoms with Gasteiger partial charge in [-0.15, -0.1) is 11.6 Å². The Kier molecular flexibility index (Phi) is 3.47. The summed E-state index contributed by atoms with van der Waals surface area (Å²) >= 11 is 5.75. The predicted octanol–water partition coefficient (Wildman–Crippen LogP) is 2.47. The van der Waals surface area contributed by atoms with Crippen LogP contribution in [0, 0.1) is 17.3 Å². The Bertz CT molecular complexity index is 542. The van der Waals surface area contributed by atoms with Crippen LogP contribution in [0.15, 0.2) is 0 Å². The fourth-order valence-corrected chi connectivity index (χ4v) is 4.79. The summed E-state index contributed by atoms with van der Waals surface area (Å²) in [5.74, 6) is -1.72. The Labute approximate surface area is 119 Å². The summed E-state index contributed by atoms with van der Waals surface area (Å²) in [6.45, 7) is 3.17. The van der Waals surface area contributed by atoms with E-state index in [1.165, 1.54) is 0 Å². The minimum absolute atomic E-state index is 0.0490. The Hall–Kier alpha value is -0.340. The Morgan fingerprint density at radius 2 is 1.95 bits per heavy atom. The van der Waals surface area contributed by atoms with Crippen LogP contribution in [0.3, 0.4) is 0 Å². The standard InChI is InChI=1S/C11H14ClF3O4S/c1-9(2)6-3-4-10(8(9)16,7(6)5-12)19-20(17,18)11(13,14)15/h6-7H,3-5H2,1-2H3/t6-,7+,10-/m1/s1. The number of carbonyl (C=O) groups is 1. The highest BCUT2D eigenvalue weighted by atomic mass is 35.5. The van der Waals surface area contributed by atoms with Crippen LogP contribution in [0.5, 0.6) is 0 Å². The van der Waals surface area contributed by atoms with E-state index in [-0.39, 0.29) is 18.2 Å². The van der Waals surface area contributed by atoms with Crippen LogP contribution in [0.2, 0.25) is 0 Å². The van der Waals surface area contributed by atoms with E-state index in [0.717, 1.165) is 0 Å². The van der Waals surface area contributed by atoms with E-state index in [2.05, 4.69) is 4.18 Å². The van der Waals surface area contributed by atoms with Crippen molar-refractivity contribution in [2.75, 3.05) is 5.88 Å². The van der Waals surface area contributed by atoms with Gasteiger partial charge in [-0.1, -0.05) is 13.8 Å². The van der Waals surface area contributed by atoms with Crippen LogP contribution in [-0.2, 0) is 19.1 Å². The maximum atomic E-state index is 12.5. The van der Waals surface area contributed by atoms with Gasteiger partial charge in [-0.25, -0.2) is 4.18 Å². The molecule has 0 unspecified atom stereocenters. The van der Waals surface area contributed by atoms with Gasteiger partial charge in [-0.2, -0.15) is 21.6 Å². The molecule has 0 N–H and O–H groups in total. The zero-order chi connectivity index (χ0) is 15.6. The Morgan fingerprint density at radius 3 is 2.40 bits per heavy atom. The summed E-state index contributed by atoms with van der Waals surface area (Å²) in [4.78, 5) is 12.4. The van der Waals surface area contributed by atoms with Crippen LogP contribution in [-0.4, -0.2) is 31.2 Å². The lowest BCUT2D eigenvalue weighted by atomic mass is 9.74. The van der Waals surface area contributed by atoms with E-state index in [1.807, 2.05) is 0 Å². The van der Waals surface area contributed by atoms with Crippen LogP contribution in [0.1, 0.15) is 26.7 Å². The molecule has 2 aliphatic rings. The van der Waals surface area contributed by atoms with Gasteiger partial charge in [0.2, 0.25) is 0 Å². The SMILES string of the molecule is CC1(C)C(=O)[C@@]2(OS(=O)(=O)C(F)(F)F)CC[C@@H]1[C@@H]2CCl. The average molecular weight is 335 g/mol. The van der Waals surface area contributed by atoms with Crippen molar-refractivity contribution in [3.05, 3.63) is 0 Å². The van der Waals surface area contributed by atoms with Crippen molar-refractivity contribution in [2.24, 2.45) is 17.3 Å². The normalized spacial score (nSPS) is 36.6. The molecule has 2 saturated carbocycles. The summed E-state index contributed by atoms with van der Waals surface area (Å²) in [5, 5.41) is 0. The maximum absolute atomic E-state index is 12.5. The minimum Gasteiger partial charge on any atom is -0.296 e. The van der Waals surface area contributed by atoms with Gasteiger partial charge < -0.3 is 0 Å². The third kappa shape index (κ3) is 1.91. The molecule has 0 amide bonds. The van der Waals surface area contributed by atoms with E-state index in [0.29, 0.717) is 6.42 Å². The van der Waals surface area contributed by atoms with Crippen molar-refractivity contribution < 1.29 is 30.6 Å². The van der Waals surface area contributed by atoms with Gasteiger partial charge in [0, 0.05) is 17.2 Å². The van der Waals surface area contributed by atoms with Gasteiger partial charge in [0.05, 0.1) is 0 Å². The van der Waals surface area contributed by atoms with Gasteiger partial charge in [0.15, 0.2) is 11.4 Å². The zero-order valence-corrected chi connectivity index (χ0v) is 12.4. The molecule has 0 saturated heterocycles. The molecule has 0 aromatic heterocycles. The van der Waals surface area contributed by atoms with E-state index in [9.17, 15) is 26.4 Å². The molecule has 2 aliphatic carbocycles. The molecular weight excluding hydrogens is 321 g/mol. The summed E-state index contributed by atoms with van der Waals surface area (Å²) < 4.78 is 64.4.